The minimum atomic E-state index is -0.870. The second-order valence-corrected chi connectivity index (χ2v) is 6.48. The molecular formula is C18H14F3N3O3S. The number of halogens is 3. The van der Waals surface area contributed by atoms with Crippen molar-refractivity contribution in [2.75, 3.05) is 11.1 Å². The van der Waals surface area contributed by atoms with E-state index in [4.69, 9.17) is 9.15 Å². The number of para-hydroxylation sites is 1. The fraction of sp³-hybridized carbons (Fsp3) is 0.167. The Morgan fingerprint density at radius 2 is 1.82 bits per heavy atom. The van der Waals surface area contributed by atoms with Gasteiger partial charge in [-0.2, -0.15) is 0 Å². The van der Waals surface area contributed by atoms with Crippen molar-refractivity contribution < 1.29 is 27.1 Å². The third-order valence-corrected chi connectivity index (χ3v) is 4.27. The lowest BCUT2D eigenvalue weighted by atomic mass is 10.3. The fourth-order valence-electron chi connectivity index (χ4n) is 2.13. The first-order valence-corrected chi connectivity index (χ1v) is 9.03. The highest BCUT2D eigenvalue weighted by molar-refractivity contribution is 7.99. The summed E-state index contributed by atoms with van der Waals surface area (Å²) in [6.07, 6.45) is -0.603. The Balaban J connectivity index is 1.54. The van der Waals surface area contributed by atoms with E-state index in [-0.39, 0.29) is 22.7 Å². The van der Waals surface area contributed by atoms with Gasteiger partial charge in [0.25, 0.3) is 11.1 Å². The molecule has 10 heteroatoms. The van der Waals surface area contributed by atoms with Crippen molar-refractivity contribution in [1.29, 1.82) is 0 Å². The Bertz CT molecular complexity index is 946. The first-order valence-electron chi connectivity index (χ1n) is 8.04. The van der Waals surface area contributed by atoms with Crippen LogP contribution in [0.4, 0.5) is 18.9 Å². The number of thioether (sulfide) groups is 1. The molecule has 146 valence electrons. The van der Waals surface area contributed by atoms with Crippen molar-refractivity contribution in [2.24, 2.45) is 0 Å². The minimum absolute atomic E-state index is 0.0914. The summed E-state index contributed by atoms with van der Waals surface area (Å²) >= 11 is 0.904. The minimum Gasteiger partial charge on any atom is -0.481 e. The summed E-state index contributed by atoms with van der Waals surface area (Å²) in [6.45, 7) is 1.67. The Labute approximate surface area is 162 Å². The molecule has 0 radical (unpaired) electrons. The first-order chi connectivity index (χ1) is 13.4. The second kappa shape index (κ2) is 8.79. The van der Waals surface area contributed by atoms with E-state index < -0.39 is 29.3 Å². The number of rotatable bonds is 7. The average Bonchev–Trinajstić information content (AvgIpc) is 3.14. The van der Waals surface area contributed by atoms with Gasteiger partial charge in [-0.15, -0.1) is 10.2 Å². The Morgan fingerprint density at radius 1 is 1.14 bits per heavy atom. The summed E-state index contributed by atoms with van der Waals surface area (Å²) in [5.41, 5.74) is -0.513. The highest BCUT2D eigenvalue weighted by atomic mass is 32.2. The number of nitrogens with zero attached hydrogens (tertiary/aromatic N) is 2. The van der Waals surface area contributed by atoms with Gasteiger partial charge in [-0.3, -0.25) is 4.79 Å². The van der Waals surface area contributed by atoms with Gasteiger partial charge >= 0.3 is 0 Å². The number of nitrogens with one attached hydrogen (secondary N) is 1. The number of benzene rings is 2. The van der Waals surface area contributed by atoms with Crippen molar-refractivity contribution in [3.8, 4) is 5.75 Å². The Hall–Kier alpha value is -3.01. The van der Waals surface area contributed by atoms with Crippen LogP contribution in [0.15, 0.2) is 52.1 Å². The standard InChI is InChI=1S/C18H14F3N3O3S/c1-10(26-12-7-5-11(19)6-8-12)17-23-24-18(27-17)28-9-15(25)22-16-13(20)3-2-4-14(16)21/h2-8,10H,9H2,1H3,(H,22,25)/t10-/m0/s1. The Kier molecular flexibility index (Phi) is 6.19. The molecule has 0 aliphatic heterocycles. The van der Waals surface area contributed by atoms with Gasteiger partial charge in [0.05, 0.1) is 5.75 Å². The van der Waals surface area contributed by atoms with E-state index in [0.717, 1.165) is 23.9 Å². The molecule has 6 nitrogen and oxygen atoms in total. The van der Waals surface area contributed by atoms with Gasteiger partial charge in [0.2, 0.25) is 5.91 Å². The molecule has 0 bridgehead atoms. The number of carbonyl (C=O) groups is 1. The SMILES string of the molecule is C[C@H](Oc1ccc(F)cc1)c1nnc(SCC(=O)Nc2c(F)cccc2F)o1. The number of amides is 1. The molecule has 0 fully saturated rings. The van der Waals surface area contributed by atoms with Crippen molar-refractivity contribution in [3.63, 3.8) is 0 Å². The van der Waals surface area contributed by atoms with Crippen LogP contribution < -0.4 is 10.1 Å². The van der Waals surface area contributed by atoms with Crippen LogP contribution in [0, 0.1) is 17.5 Å². The molecule has 1 N–H and O–H groups in total. The molecule has 0 spiro atoms. The number of carbonyl (C=O) groups excluding carboxylic acids is 1. The van der Waals surface area contributed by atoms with E-state index in [0.29, 0.717) is 5.75 Å². The van der Waals surface area contributed by atoms with E-state index in [2.05, 4.69) is 15.5 Å². The highest BCUT2D eigenvalue weighted by Gasteiger charge is 2.18. The molecule has 0 saturated heterocycles. The van der Waals surface area contributed by atoms with Crippen LogP contribution in [0.5, 0.6) is 5.75 Å². The quantitative estimate of drug-likeness (QED) is 0.585. The van der Waals surface area contributed by atoms with Gasteiger partial charge in [0, 0.05) is 0 Å². The van der Waals surface area contributed by atoms with E-state index in [1.165, 1.54) is 30.3 Å². The normalized spacial score (nSPS) is 11.9. The predicted molar refractivity (Wildman–Crippen MR) is 95.5 cm³/mol. The van der Waals surface area contributed by atoms with Gasteiger partial charge < -0.3 is 14.5 Å². The van der Waals surface area contributed by atoms with Crippen molar-refractivity contribution in [3.05, 3.63) is 65.8 Å². The van der Waals surface area contributed by atoms with Crippen LogP contribution in [0.2, 0.25) is 0 Å². The van der Waals surface area contributed by atoms with Gasteiger partial charge in [-0.05, 0) is 43.3 Å². The van der Waals surface area contributed by atoms with Gasteiger partial charge in [-0.25, -0.2) is 13.2 Å². The molecule has 3 rings (SSSR count). The van der Waals surface area contributed by atoms with Crippen LogP contribution in [0.25, 0.3) is 0 Å². The van der Waals surface area contributed by atoms with Crippen LogP contribution in [0.3, 0.4) is 0 Å². The monoisotopic (exact) mass is 409 g/mol. The average molecular weight is 409 g/mol. The van der Waals surface area contributed by atoms with Crippen LogP contribution in [-0.2, 0) is 4.79 Å². The maximum atomic E-state index is 13.5. The summed E-state index contributed by atoms with van der Waals surface area (Å²) < 4.78 is 50.9. The summed E-state index contributed by atoms with van der Waals surface area (Å²) in [5.74, 6) is -2.37. The molecule has 0 aliphatic carbocycles. The van der Waals surface area contributed by atoms with E-state index >= 15 is 0 Å². The maximum Gasteiger partial charge on any atom is 0.277 e. The summed E-state index contributed by atoms with van der Waals surface area (Å²) in [4.78, 5) is 11.9. The Morgan fingerprint density at radius 3 is 2.50 bits per heavy atom. The van der Waals surface area contributed by atoms with Crippen molar-refractivity contribution in [1.82, 2.24) is 10.2 Å². The lowest BCUT2D eigenvalue weighted by molar-refractivity contribution is -0.113. The molecule has 1 heterocycles. The van der Waals surface area contributed by atoms with E-state index in [1.807, 2.05) is 0 Å². The first kappa shape index (κ1) is 19.7. The fourth-order valence-corrected chi connectivity index (χ4v) is 2.70. The molecule has 1 aromatic heterocycles. The molecule has 1 amide bonds. The van der Waals surface area contributed by atoms with Crippen molar-refractivity contribution >= 4 is 23.4 Å². The zero-order valence-electron chi connectivity index (χ0n) is 14.5. The molecular weight excluding hydrogens is 395 g/mol. The zero-order chi connectivity index (χ0) is 20.1. The third-order valence-electron chi connectivity index (χ3n) is 3.45. The molecule has 0 unspecified atom stereocenters. The molecule has 0 aliphatic rings. The summed E-state index contributed by atoms with van der Waals surface area (Å²) in [5, 5.41) is 9.87. The molecule has 2 aromatic carbocycles. The molecule has 1 atom stereocenters. The molecule has 3 aromatic rings. The van der Waals surface area contributed by atoms with Gasteiger partial charge in [0.15, 0.2) is 6.10 Å². The number of hydrogen-bond acceptors (Lipinski definition) is 6. The lowest BCUT2D eigenvalue weighted by Crippen LogP contribution is -2.16. The van der Waals surface area contributed by atoms with E-state index in [1.54, 1.807) is 6.92 Å². The summed E-state index contributed by atoms with van der Waals surface area (Å²) in [6, 6.07) is 8.72. The number of ether oxygens (including phenoxy) is 1. The maximum absolute atomic E-state index is 13.5. The number of anilines is 1. The lowest BCUT2D eigenvalue weighted by Gasteiger charge is -2.10. The molecule has 28 heavy (non-hydrogen) atoms. The van der Waals surface area contributed by atoms with Crippen LogP contribution >= 0.6 is 11.8 Å². The number of hydrogen-bond donors (Lipinski definition) is 1. The van der Waals surface area contributed by atoms with Crippen LogP contribution in [0.1, 0.15) is 18.9 Å². The highest BCUT2D eigenvalue weighted by Crippen LogP contribution is 2.24. The van der Waals surface area contributed by atoms with Crippen molar-refractivity contribution in [2.45, 2.75) is 18.3 Å². The topological polar surface area (TPSA) is 77.2 Å². The van der Waals surface area contributed by atoms with Gasteiger partial charge in [-0.1, -0.05) is 17.8 Å². The smallest absolute Gasteiger partial charge is 0.277 e. The van der Waals surface area contributed by atoms with E-state index in [9.17, 15) is 18.0 Å². The van der Waals surface area contributed by atoms with Gasteiger partial charge in [0.1, 0.15) is 28.9 Å². The third kappa shape index (κ3) is 5.03. The molecule has 0 saturated carbocycles. The zero-order valence-corrected chi connectivity index (χ0v) is 15.3. The van der Waals surface area contributed by atoms with Crippen LogP contribution in [-0.4, -0.2) is 21.9 Å². The largest absolute Gasteiger partial charge is 0.481 e. The summed E-state index contributed by atoms with van der Waals surface area (Å²) in [7, 11) is 0. The second-order valence-electron chi connectivity index (χ2n) is 5.55. The predicted octanol–water partition coefficient (Wildman–Crippen LogP) is 4.36. The number of aromatic nitrogens is 2.